The molecule has 0 bridgehead atoms. The molecule has 1 aliphatic rings. The molecule has 0 saturated heterocycles. The molecule has 8 nitrogen and oxygen atoms in total. The molecule has 2 aromatic rings. The number of hydrogen-bond acceptors (Lipinski definition) is 5. The minimum absolute atomic E-state index is 0.00577. The van der Waals surface area contributed by atoms with E-state index in [0.717, 1.165) is 12.8 Å². The highest BCUT2D eigenvalue weighted by molar-refractivity contribution is 7.89. The Labute approximate surface area is 160 Å². The Balaban J connectivity index is 1.89. The summed E-state index contributed by atoms with van der Waals surface area (Å²) in [6, 6.07) is 8.13. The summed E-state index contributed by atoms with van der Waals surface area (Å²) >= 11 is 6.00. The molecule has 2 N–H and O–H groups in total. The van der Waals surface area contributed by atoms with Crippen molar-refractivity contribution in [1.29, 1.82) is 0 Å². The number of sulfonamides is 1. The van der Waals surface area contributed by atoms with Gasteiger partial charge in [-0.15, -0.1) is 0 Å². The Morgan fingerprint density at radius 1 is 1.26 bits per heavy atom. The number of carbonyl (C=O) groups is 1. The Bertz CT molecular complexity index is 1030. The fourth-order valence-corrected chi connectivity index (χ4v) is 4.32. The minimum Gasteiger partial charge on any atom is -0.321 e. The number of anilines is 1. The van der Waals surface area contributed by atoms with Gasteiger partial charge in [-0.05, 0) is 44.0 Å². The summed E-state index contributed by atoms with van der Waals surface area (Å²) < 4.78 is 27.3. The van der Waals surface area contributed by atoms with Gasteiger partial charge in [0.15, 0.2) is 0 Å². The number of nitrogens with one attached hydrogen (secondary N) is 2. The highest BCUT2D eigenvalue weighted by atomic mass is 35.5. The van der Waals surface area contributed by atoms with Crippen LogP contribution in [0.15, 0.2) is 41.3 Å². The molecule has 3 rings (SSSR count). The molecule has 142 valence electrons. The third-order valence-electron chi connectivity index (χ3n) is 4.13. The topological polar surface area (TPSA) is 118 Å². The largest absolute Gasteiger partial charge is 0.321 e. The SMILES string of the molecule is Cc1c(NC(=O)c2ccc(Cl)c(S(=O)(=O)NC3CC3)c2)cccc1[N+](=O)[O-]. The van der Waals surface area contributed by atoms with Crippen molar-refractivity contribution in [3.63, 3.8) is 0 Å². The summed E-state index contributed by atoms with van der Waals surface area (Å²) in [5.41, 5.74) is 0.514. The molecule has 2 aromatic carbocycles. The number of rotatable bonds is 6. The van der Waals surface area contributed by atoms with Crippen molar-refractivity contribution in [3.05, 3.63) is 62.7 Å². The van der Waals surface area contributed by atoms with Gasteiger partial charge in [-0.3, -0.25) is 14.9 Å². The molecule has 0 aliphatic heterocycles. The van der Waals surface area contributed by atoms with E-state index in [0.29, 0.717) is 5.56 Å². The second-order valence-electron chi connectivity index (χ2n) is 6.20. The number of amides is 1. The first-order chi connectivity index (χ1) is 12.7. The summed E-state index contributed by atoms with van der Waals surface area (Å²) in [4.78, 5) is 22.8. The van der Waals surface area contributed by atoms with Gasteiger partial charge in [0.1, 0.15) is 4.90 Å². The van der Waals surface area contributed by atoms with Crippen molar-refractivity contribution in [2.24, 2.45) is 0 Å². The van der Waals surface area contributed by atoms with Crippen LogP contribution in [0.2, 0.25) is 5.02 Å². The molecule has 0 unspecified atom stereocenters. The van der Waals surface area contributed by atoms with Crippen LogP contribution in [0.4, 0.5) is 11.4 Å². The first-order valence-electron chi connectivity index (χ1n) is 8.06. The van der Waals surface area contributed by atoms with Gasteiger partial charge in [-0.25, -0.2) is 13.1 Å². The average Bonchev–Trinajstić information content (AvgIpc) is 3.39. The molecule has 0 heterocycles. The van der Waals surface area contributed by atoms with Crippen molar-refractivity contribution in [2.75, 3.05) is 5.32 Å². The maximum atomic E-state index is 12.5. The molecule has 1 aliphatic carbocycles. The van der Waals surface area contributed by atoms with E-state index >= 15 is 0 Å². The lowest BCUT2D eigenvalue weighted by molar-refractivity contribution is -0.385. The zero-order valence-electron chi connectivity index (χ0n) is 14.2. The highest BCUT2D eigenvalue weighted by Crippen LogP contribution is 2.28. The number of nitrogens with zero attached hydrogens (tertiary/aromatic N) is 1. The number of halogens is 1. The van der Waals surface area contributed by atoms with Crippen LogP contribution in [0.1, 0.15) is 28.8 Å². The van der Waals surface area contributed by atoms with E-state index < -0.39 is 20.9 Å². The molecule has 0 radical (unpaired) electrons. The van der Waals surface area contributed by atoms with Crippen molar-refractivity contribution < 1.29 is 18.1 Å². The van der Waals surface area contributed by atoms with Crippen LogP contribution in [0.25, 0.3) is 0 Å². The van der Waals surface area contributed by atoms with Crippen LogP contribution in [0.3, 0.4) is 0 Å². The fraction of sp³-hybridized carbons (Fsp3) is 0.235. The third-order valence-corrected chi connectivity index (χ3v) is 6.13. The van der Waals surface area contributed by atoms with Gasteiger partial charge in [0.05, 0.1) is 21.2 Å². The lowest BCUT2D eigenvalue weighted by atomic mass is 10.1. The molecular formula is C17H16ClN3O5S. The van der Waals surface area contributed by atoms with Gasteiger partial charge < -0.3 is 5.32 Å². The summed E-state index contributed by atoms with van der Waals surface area (Å²) in [5.74, 6) is -0.599. The number of nitro benzene ring substituents is 1. The second kappa shape index (κ2) is 7.26. The monoisotopic (exact) mass is 409 g/mol. The summed E-state index contributed by atoms with van der Waals surface area (Å²) in [7, 11) is -3.83. The molecule has 1 fully saturated rings. The molecule has 0 atom stereocenters. The molecule has 1 amide bonds. The van der Waals surface area contributed by atoms with Crippen LogP contribution in [-0.2, 0) is 10.0 Å². The summed E-state index contributed by atoms with van der Waals surface area (Å²) in [6.07, 6.45) is 1.53. The quantitative estimate of drug-likeness (QED) is 0.560. The highest BCUT2D eigenvalue weighted by Gasteiger charge is 2.29. The molecular weight excluding hydrogens is 394 g/mol. The van der Waals surface area contributed by atoms with E-state index in [1.807, 2.05) is 0 Å². The molecule has 0 spiro atoms. The van der Waals surface area contributed by atoms with Crippen molar-refractivity contribution in [3.8, 4) is 0 Å². The lowest BCUT2D eigenvalue weighted by Crippen LogP contribution is -2.26. The zero-order chi connectivity index (χ0) is 19.8. The lowest BCUT2D eigenvalue weighted by Gasteiger charge is -2.11. The smallest absolute Gasteiger partial charge is 0.274 e. The standard InChI is InChI=1S/C17H16ClN3O5S/c1-10-14(3-2-4-15(10)21(23)24)19-17(22)11-5-8-13(18)16(9-11)27(25,26)20-12-6-7-12/h2-5,8-9,12,20H,6-7H2,1H3,(H,19,22). The first-order valence-corrected chi connectivity index (χ1v) is 9.92. The fourth-order valence-electron chi connectivity index (χ4n) is 2.49. The molecule has 0 aromatic heterocycles. The maximum Gasteiger partial charge on any atom is 0.274 e. The minimum atomic E-state index is -3.83. The van der Waals surface area contributed by atoms with E-state index in [4.69, 9.17) is 11.6 Å². The Hall–Kier alpha value is -2.49. The van der Waals surface area contributed by atoms with Gasteiger partial charge in [0.2, 0.25) is 10.0 Å². The van der Waals surface area contributed by atoms with Crippen LogP contribution >= 0.6 is 11.6 Å². The summed E-state index contributed by atoms with van der Waals surface area (Å²) in [5, 5.41) is 13.6. The number of carbonyl (C=O) groups excluding carboxylic acids is 1. The van der Waals surface area contributed by atoms with Crippen molar-refractivity contribution in [1.82, 2.24) is 4.72 Å². The van der Waals surface area contributed by atoms with Crippen LogP contribution in [-0.4, -0.2) is 25.3 Å². The van der Waals surface area contributed by atoms with E-state index in [1.54, 1.807) is 0 Å². The maximum absolute atomic E-state index is 12.5. The van der Waals surface area contributed by atoms with Gasteiger partial charge in [0.25, 0.3) is 11.6 Å². The van der Waals surface area contributed by atoms with Crippen LogP contribution in [0, 0.1) is 17.0 Å². The second-order valence-corrected chi connectivity index (χ2v) is 8.29. The normalized spacial score (nSPS) is 14.0. The number of hydrogen-bond donors (Lipinski definition) is 2. The van der Waals surface area contributed by atoms with Crippen molar-refractivity contribution >= 4 is 38.9 Å². The van der Waals surface area contributed by atoms with Crippen molar-refractivity contribution in [2.45, 2.75) is 30.7 Å². The van der Waals surface area contributed by atoms with Gasteiger partial charge >= 0.3 is 0 Å². The van der Waals surface area contributed by atoms with E-state index in [1.165, 1.54) is 43.3 Å². The van der Waals surface area contributed by atoms with Crippen LogP contribution in [0.5, 0.6) is 0 Å². The van der Waals surface area contributed by atoms with Gasteiger partial charge in [0, 0.05) is 17.7 Å². The zero-order valence-corrected chi connectivity index (χ0v) is 15.8. The predicted octanol–water partition coefficient (Wildman–Crippen LogP) is 3.25. The van der Waals surface area contributed by atoms with Crippen LogP contribution < -0.4 is 10.0 Å². The average molecular weight is 410 g/mol. The Morgan fingerprint density at radius 2 is 1.96 bits per heavy atom. The van der Waals surface area contributed by atoms with Gasteiger partial charge in [-0.2, -0.15) is 0 Å². The van der Waals surface area contributed by atoms with E-state index in [9.17, 15) is 23.3 Å². The number of nitro groups is 1. The Morgan fingerprint density at radius 3 is 2.59 bits per heavy atom. The molecule has 27 heavy (non-hydrogen) atoms. The van der Waals surface area contributed by atoms with E-state index in [2.05, 4.69) is 10.0 Å². The molecule has 1 saturated carbocycles. The predicted molar refractivity (Wildman–Crippen MR) is 101 cm³/mol. The number of benzene rings is 2. The molecule has 10 heteroatoms. The Kier molecular flexibility index (Phi) is 5.18. The third kappa shape index (κ3) is 4.26. The van der Waals surface area contributed by atoms with Gasteiger partial charge in [-0.1, -0.05) is 17.7 Å². The summed E-state index contributed by atoms with van der Waals surface area (Å²) in [6.45, 7) is 1.52. The van der Waals surface area contributed by atoms with E-state index in [-0.39, 0.29) is 32.9 Å². The first kappa shape index (κ1) is 19.3.